The lowest BCUT2D eigenvalue weighted by Gasteiger charge is -2.06. The van der Waals surface area contributed by atoms with Gasteiger partial charge in [-0.1, -0.05) is 17.9 Å². The molecule has 0 amide bonds. The van der Waals surface area contributed by atoms with E-state index in [1.54, 1.807) is 18.3 Å². The zero-order chi connectivity index (χ0) is 13.7. The van der Waals surface area contributed by atoms with E-state index in [0.29, 0.717) is 18.5 Å². The summed E-state index contributed by atoms with van der Waals surface area (Å²) in [6.45, 7) is 2.55. The minimum absolute atomic E-state index is 0.0114. The van der Waals surface area contributed by atoms with Gasteiger partial charge in [0.2, 0.25) is 0 Å². The van der Waals surface area contributed by atoms with Crippen LogP contribution in [-0.4, -0.2) is 21.3 Å². The van der Waals surface area contributed by atoms with Gasteiger partial charge in [0.05, 0.1) is 12.2 Å². The van der Waals surface area contributed by atoms with E-state index in [1.807, 2.05) is 17.7 Å². The largest absolute Gasteiger partial charge is 0.395 e. The van der Waals surface area contributed by atoms with Gasteiger partial charge in [-0.3, -0.25) is 0 Å². The van der Waals surface area contributed by atoms with Crippen LogP contribution < -0.4 is 0 Å². The molecule has 0 saturated carbocycles. The fourth-order valence-electron chi connectivity index (χ4n) is 1.75. The van der Waals surface area contributed by atoms with E-state index in [1.165, 1.54) is 6.07 Å². The summed E-state index contributed by atoms with van der Waals surface area (Å²) in [5, 5.41) is 8.66. The van der Waals surface area contributed by atoms with Crippen molar-refractivity contribution < 1.29 is 9.50 Å². The van der Waals surface area contributed by atoms with E-state index in [0.717, 1.165) is 11.4 Å². The number of benzene rings is 1. The zero-order valence-electron chi connectivity index (χ0n) is 10.7. The van der Waals surface area contributed by atoms with Gasteiger partial charge >= 0.3 is 0 Å². The van der Waals surface area contributed by atoms with Crippen molar-refractivity contribution in [1.29, 1.82) is 0 Å². The van der Waals surface area contributed by atoms with Crippen LogP contribution in [0.25, 0.3) is 0 Å². The first-order valence-corrected chi connectivity index (χ1v) is 6.06. The van der Waals surface area contributed by atoms with Crippen LogP contribution in [0, 0.1) is 24.6 Å². The Morgan fingerprint density at radius 3 is 2.95 bits per heavy atom. The number of rotatable bonds is 3. The molecule has 1 aromatic heterocycles. The van der Waals surface area contributed by atoms with Gasteiger partial charge in [-0.05, 0) is 24.6 Å². The molecule has 2 aromatic rings. The van der Waals surface area contributed by atoms with E-state index in [9.17, 15) is 4.39 Å². The van der Waals surface area contributed by atoms with Gasteiger partial charge < -0.3 is 9.67 Å². The lowest BCUT2D eigenvalue weighted by molar-refractivity contribution is 0.305. The molecule has 0 aliphatic rings. The highest BCUT2D eigenvalue weighted by molar-refractivity contribution is 5.38. The normalized spacial score (nSPS) is 10.1. The molecular weight excluding hydrogens is 243 g/mol. The number of imidazole rings is 1. The second-order valence-corrected chi connectivity index (χ2v) is 4.19. The summed E-state index contributed by atoms with van der Waals surface area (Å²) in [6.07, 6.45) is 3.97. The summed E-state index contributed by atoms with van der Waals surface area (Å²) < 4.78 is 15.6. The van der Waals surface area contributed by atoms with Crippen LogP contribution in [0.1, 0.15) is 23.4 Å². The minimum Gasteiger partial charge on any atom is -0.395 e. The first kappa shape index (κ1) is 13.3. The van der Waals surface area contributed by atoms with Crippen molar-refractivity contribution in [2.24, 2.45) is 0 Å². The van der Waals surface area contributed by atoms with Crippen LogP contribution in [-0.2, 0) is 6.54 Å². The van der Waals surface area contributed by atoms with E-state index >= 15 is 0 Å². The van der Waals surface area contributed by atoms with E-state index < -0.39 is 0 Å². The number of hydrogen-bond donors (Lipinski definition) is 1. The third kappa shape index (κ3) is 3.43. The molecule has 1 heterocycles. The third-order valence-electron chi connectivity index (χ3n) is 2.77. The Kier molecular flexibility index (Phi) is 4.32. The van der Waals surface area contributed by atoms with Crippen molar-refractivity contribution in [2.45, 2.75) is 19.9 Å². The molecule has 1 aromatic carbocycles. The Bertz CT molecular complexity index is 623. The zero-order valence-corrected chi connectivity index (χ0v) is 10.7. The van der Waals surface area contributed by atoms with Crippen molar-refractivity contribution in [2.75, 3.05) is 6.61 Å². The van der Waals surface area contributed by atoms with Crippen LogP contribution >= 0.6 is 0 Å². The molecular formula is C15H15FN2O. The van der Waals surface area contributed by atoms with Gasteiger partial charge in [0.15, 0.2) is 0 Å². The summed E-state index contributed by atoms with van der Waals surface area (Å²) in [5.41, 5.74) is 1.33. The number of aliphatic hydroxyl groups is 1. The number of nitrogens with zero attached hydrogens (tertiary/aromatic N) is 2. The maximum Gasteiger partial charge on any atom is 0.138 e. The van der Waals surface area contributed by atoms with Crippen LogP contribution in [0.4, 0.5) is 4.39 Å². The second kappa shape index (κ2) is 6.17. The summed E-state index contributed by atoms with van der Waals surface area (Å²) in [7, 11) is 0. The fraction of sp³-hybridized carbons (Fsp3) is 0.267. The molecule has 0 atom stereocenters. The monoisotopic (exact) mass is 258 g/mol. The van der Waals surface area contributed by atoms with Crippen molar-refractivity contribution in [3.05, 3.63) is 53.4 Å². The molecule has 0 aliphatic heterocycles. The van der Waals surface area contributed by atoms with E-state index in [2.05, 4.69) is 16.8 Å². The first-order valence-electron chi connectivity index (χ1n) is 6.06. The molecule has 4 heteroatoms. The Labute approximate surface area is 111 Å². The molecule has 2 rings (SSSR count). The molecule has 0 saturated heterocycles. The highest BCUT2D eigenvalue weighted by Crippen LogP contribution is 2.12. The van der Waals surface area contributed by atoms with Gasteiger partial charge in [-0.25, -0.2) is 9.37 Å². The standard InChI is InChI=1S/C15H15FN2O/c1-12-17-7-8-18(12)11-13-5-6-15(16)14(10-13)4-2-3-9-19/h5-8,10,19H,3,9,11H2,1H3. The second-order valence-electron chi connectivity index (χ2n) is 4.19. The predicted molar refractivity (Wildman–Crippen MR) is 71.0 cm³/mol. The van der Waals surface area contributed by atoms with Crippen LogP contribution in [0.5, 0.6) is 0 Å². The maximum atomic E-state index is 13.6. The quantitative estimate of drug-likeness (QED) is 0.856. The van der Waals surface area contributed by atoms with Gasteiger partial charge in [0, 0.05) is 25.4 Å². The molecule has 1 N–H and O–H groups in total. The molecule has 0 unspecified atom stereocenters. The van der Waals surface area contributed by atoms with Gasteiger partial charge in [-0.15, -0.1) is 0 Å². The van der Waals surface area contributed by atoms with E-state index in [-0.39, 0.29) is 12.4 Å². The SMILES string of the molecule is Cc1nccn1Cc1ccc(F)c(C#CCCO)c1. The minimum atomic E-state index is -0.337. The summed E-state index contributed by atoms with van der Waals surface area (Å²) in [6, 6.07) is 4.90. The molecule has 0 aliphatic carbocycles. The first-order chi connectivity index (χ1) is 9.20. The Morgan fingerprint density at radius 1 is 1.42 bits per heavy atom. The molecule has 0 fully saturated rings. The molecule has 0 bridgehead atoms. The molecule has 19 heavy (non-hydrogen) atoms. The topological polar surface area (TPSA) is 38.0 Å². The number of hydrogen-bond acceptors (Lipinski definition) is 2. The fourth-order valence-corrected chi connectivity index (χ4v) is 1.75. The molecule has 3 nitrogen and oxygen atoms in total. The smallest absolute Gasteiger partial charge is 0.138 e. The molecule has 98 valence electrons. The number of halogens is 1. The number of aliphatic hydroxyl groups excluding tert-OH is 1. The summed E-state index contributed by atoms with van der Waals surface area (Å²) in [5.74, 6) is 6.05. The molecule has 0 radical (unpaired) electrons. The van der Waals surface area contributed by atoms with Crippen LogP contribution in [0.2, 0.25) is 0 Å². The predicted octanol–water partition coefficient (Wildman–Crippen LogP) is 2.11. The Hall–Kier alpha value is -2.12. The molecule has 0 spiro atoms. The van der Waals surface area contributed by atoms with Crippen molar-refractivity contribution in [1.82, 2.24) is 9.55 Å². The number of aryl methyl sites for hydroxylation is 1. The van der Waals surface area contributed by atoms with Gasteiger partial charge in [-0.2, -0.15) is 0 Å². The summed E-state index contributed by atoms with van der Waals surface area (Å²) >= 11 is 0. The average molecular weight is 258 g/mol. The van der Waals surface area contributed by atoms with E-state index in [4.69, 9.17) is 5.11 Å². The van der Waals surface area contributed by atoms with Gasteiger partial charge in [0.25, 0.3) is 0 Å². The average Bonchev–Trinajstić information content (AvgIpc) is 2.79. The van der Waals surface area contributed by atoms with Crippen molar-refractivity contribution in [3.8, 4) is 11.8 Å². The van der Waals surface area contributed by atoms with Gasteiger partial charge in [0.1, 0.15) is 11.6 Å². The lowest BCUT2D eigenvalue weighted by atomic mass is 10.1. The third-order valence-corrected chi connectivity index (χ3v) is 2.77. The van der Waals surface area contributed by atoms with Crippen molar-refractivity contribution >= 4 is 0 Å². The lowest BCUT2D eigenvalue weighted by Crippen LogP contribution is -2.01. The van der Waals surface area contributed by atoms with Crippen LogP contribution in [0.3, 0.4) is 0 Å². The Balaban J connectivity index is 2.22. The Morgan fingerprint density at radius 2 is 2.26 bits per heavy atom. The van der Waals surface area contributed by atoms with Crippen LogP contribution in [0.15, 0.2) is 30.6 Å². The highest BCUT2D eigenvalue weighted by Gasteiger charge is 2.03. The van der Waals surface area contributed by atoms with Crippen molar-refractivity contribution in [3.63, 3.8) is 0 Å². The number of aromatic nitrogens is 2. The summed E-state index contributed by atoms with van der Waals surface area (Å²) in [4.78, 5) is 4.15. The maximum absolute atomic E-state index is 13.6. The highest BCUT2D eigenvalue weighted by atomic mass is 19.1.